The second-order valence-electron chi connectivity index (χ2n) is 3.08. The number of hydrogen-bond donors (Lipinski definition) is 2. The minimum atomic E-state index is 0.194. The highest BCUT2D eigenvalue weighted by molar-refractivity contribution is 5.69. The molecular weight excluding hydrogens is 208 g/mol. The van der Waals surface area contributed by atoms with E-state index in [-0.39, 0.29) is 5.95 Å². The summed E-state index contributed by atoms with van der Waals surface area (Å²) in [6.45, 7) is 0. The monoisotopic (exact) mass is 220 g/mol. The van der Waals surface area contributed by atoms with Crippen molar-refractivity contribution < 1.29 is 9.47 Å². The first kappa shape index (κ1) is 10.3. The van der Waals surface area contributed by atoms with E-state index in [4.69, 9.17) is 15.2 Å². The maximum Gasteiger partial charge on any atom is 0.239 e. The third-order valence-corrected chi connectivity index (χ3v) is 2.16. The summed E-state index contributed by atoms with van der Waals surface area (Å²) in [6, 6.07) is 5.50. The molecule has 6 heteroatoms. The molecule has 1 aromatic heterocycles. The average molecular weight is 220 g/mol. The van der Waals surface area contributed by atoms with Crippen LogP contribution in [0.15, 0.2) is 18.2 Å². The zero-order valence-electron chi connectivity index (χ0n) is 9.02. The van der Waals surface area contributed by atoms with Crippen molar-refractivity contribution in [2.24, 2.45) is 0 Å². The van der Waals surface area contributed by atoms with Crippen molar-refractivity contribution in [1.29, 1.82) is 0 Å². The first-order valence-corrected chi connectivity index (χ1v) is 4.65. The van der Waals surface area contributed by atoms with Gasteiger partial charge in [-0.3, -0.25) is 5.10 Å². The number of methoxy groups -OCH3 is 2. The number of benzene rings is 1. The van der Waals surface area contributed by atoms with Crippen molar-refractivity contribution >= 4 is 5.95 Å². The Bertz CT molecular complexity index is 495. The van der Waals surface area contributed by atoms with Gasteiger partial charge in [-0.1, -0.05) is 6.07 Å². The van der Waals surface area contributed by atoms with Gasteiger partial charge in [-0.2, -0.15) is 4.98 Å². The highest BCUT2D eigenvalue weighted by Crippen LogP contribution is 2.36. The summed E-state index contributed by atoms with van der Waals surface area (Å²) in [5, 5.41) is 6.50. The van der Waals surface area contributed by atoms with Crippen LogP contribution in [0.5, 0.6) is 11.5 Å². The summed E-state index contributed by atoms with van der Waals surface area (Å²) in [7, 11) is 3.15. The number of nitrogen functional groups attached to an aromatic ring is 1. The summed E-state index contributed by atoms with van der Waals surface area (Å²) in [4.78, 5) is 4.04. The zero-order valence-corrected chi connectivity index (χ0v) is 9.02. The smallest absolute Gasteiger partial charge is 0.239 e. The summed E-state index contributed by atoms with van der Waals surface area (Å²) in [5.41, 5.74) is 6.21. The Labute approximate surface area is 92.4 Å². The normalized spacial score (nSPS) is 10.1. The number of rotatable bonds is 3. The van der Waals surface area contributed by atoms with Gasteiger partial charge in [-0.15, -0.1) is 5.10 Å². The first-order valence-electron chi connectivity index (χ1n) is 4.65. The second-order valence-corrected chi connectivity index (χ2v) is 3.08. The van der Waals surface area contributed by atoms with E-state index in [9.17, 15) is 0 Å². The molecule has 0 aliphatic rings. The molecule has 0 saturated heterocycles. The Morgan fingerprint density at radius 3 is 2.62 bits per heavy atom. The maximum atomic E-state index is 5.45. The lowest BCUT2D eigenvalue weighted by molar-refractivity contribution is 0.356. The van der Waals surface area contributed by atoms with Gasteiger partial charge in [0.2, 0.25) is 5.95 Å². The largest absolute Gasteiger partial charge is 0.493 e. The molecule has 16 heavy (non-hydrogen) atoms. The van der Waals surface area contributed by atoms with E-state index >= 15 is 0 Å². The van der Waals surface area contributed by atoms with Gasteiger partial charge in [0.05, 0.1) is 19.8 Å². The molecule has 0 aliphatic heterocycles. The first-order chi connectivity index (χ1) is 7.76. The van der Waals surface area contributed by atoms with Gasteiger partial charge in [-0.25, -0.2) is 0 Å². The van der Waals surface area contributed by atoms with Gasteiger partial charge in [0.15, 0.2) is 17.3 Å². The fourth-order valence-corrected chi connectivity index (χ4v) is 1.47. The number of hydrogen-bond acceptors (Lipinski definition) is 5. The van der Waals surface area contributed by atoms with Gasteiger partial charge in [0, 0.05) is 0 Å². The van der Waals surface area contributed by atoms with E-state index < -0.39 is 0 Å². The third kappa shape index (κ3) is 1.65. The van der Waals surface area contributed by atoms with E-state index in [1.807, 2.05) is 18.2 Å². The molecule has 0 bridgehead atoms. The molecule has 0 amide bonds. The number of para-hydroxylation sites is 1. The van der Waals surface area contributed by atoms with Crippen LogP contribution in [0.2, 0.25) is 0 Å². The van der Waals surface area contributed by atoms with Crippen LogP contribution in [0.4, 0.5) is 5.95 Å². The molecule has 0 unspecified atom stereocenters. The Balaban J connectivity index is 2.56. The molecule has 3 N–H and O–H groups in total. The van der Waals surface area contributed by atoms with Crippen molar-refractivity contribution in [3.8, 4) is 22.9 Å². The molecule has 0 saturated carbocycles. The number of aromatic nitrogens is 3. The van der Waals surface area contributed by atoms with E-state index in [2.05, 4.69) is 15.2 Å². The molecule has 0 aliphatic carbocycles. The molecule has 0 fully saturated rings. The van der Waals surface area contributed by atoms with Gasteiger partial charge in [-0.05, 0) is 12.1 Å². The number of anilines is 1. The lowest BCUT2D eigenvalue weighted by Gasteiger charge is -2.10. The lowest BCUT2D eigenvalue weighted by atomic mass is 10.2. The van der Waals surface area contributed by atoms with E-state index in [1.165, 1.54) is 0 Å². The van der Waals surface area contributed by atoms with Crippen LogP contribution in [-0.4, -0.2) is 29.4 Å². The Morgan fingerprint density at radius 2 is 2.06 bits per heavy atom. The molecule has 0 atom stereocenters. The van der Waals surface area contributed by atoms with Crippen molar-refractivity contribution in [3.63, 3.8) is 0 Å². The molecular formula is C10H12N4O2. The number of aromatic amines is 1. The number of ether oxygens (including phenoxy) is 2. The van der Waals surface area contributed by atoms with Gasteiger partial charge < -0.3 is 15.2 Å². The van der Waals surface area contributed by atoms with E-state index in [0.29, 0.717) is 17.3 Å². The Morgan fingerprint density at radius 1 is 1.25 bits per heavy atom. The Kier molecular flexibility index (Phi) is 2.63. The second kappa shape index (κ2) is 4.09. The van der Waals surface area contributed by atoms with Crippen LogP contribution in [0.1, 0.15) is 0 Å². The van der Waals surface area contributed by atoms with Crippen LogP contribution in [0.25, 0.3) is 11.4 Å². The number of nitrogens with two attached hydrogens (primary N) is 1. The number of nitrogens with zero attached hydrogens (tertiary/aromatic N) is 2. The van der Waals surface area contributed by atoms with Crippen molar-refractivity contribution in [3.05, 3.63) is 18.2 Å². The van der Waals surface area contributed by atoms with E-state index in [1.54, 1.807) is 14.2 Å². The summed E-state index contributed by atoms with van der Waals surface area (Å²) in [5.74, 6) is 1.98. The molecule has 6 nitrogen and oxygen atoms in total. The highest BCUT2D eigenvalue weighted by atomic mass is 16.5. The molecule has 84 valence electrons. The fourth-order valence-electron chi connectivity index (χ4n) is 1.47. The van der Waals surface area contributed by atoms with Crippen LogP contribution in [-0.2, 0) is 0 Å². The molecule has 0 spiro atoms. The standard InChI is InChI=1S/C10H12N4O2/c1-15-7-5-3-4-6(8(7)16-2)9-12-10(11)14-13-9/h3-5H,1-2H3,(H3,11,12,13,14). The van der Waals surface area contributed by atoms with E-state index in [0.717, 1.165) is 5.56 Å². The van der Waals surface area contributed by atoms with Crippen LogP contribution >= 0.6 is 0 Å². The molecule has 2 aromatic rings. The molecule has 1 aromatic carbocycles. The summed E-state index contributed by atoms with van der Waals surface area (Å²) < 4.78 is 10.5. The molecule has 0 radical (unpaired) electrons. The number of nitrogens with one attached hydrogen (secondary N) is 1. The highest BCUT2D eigenvalue weighted by Gasteiger charge is 2.13. The third-order valence-electron chi connectivity index (χ3n) is 2.16. The topological polar surface area (TPSA) is 86.0 Å². The lowest BCUT2D eigenvalue weighted by Crippen LogP contribution is -1.94. The minimum Gasteiger partial charge on any atom is -0.493 e. The minimum absolute atomic E-state index is 0.194. The number of H-pyrrole nitrogens is 1. The summed E-state index contributed by atoms with van der Waals surface area (Å²) in [6.07, 6.45) is 0. The van der Waals surface area contributed by atoms with Crippen molar-refractivity contribution in [1.82, 2.24) is 15.2 Å². The van der Waals surface area contributed by atoms with Crippen LogP contribution < -0.4 is 15.2 Å². The summed E-state index contributed by atoms with van der Waals surface area (Å²) >= 11 is 0. The van der Waals surface area contributed by atoms with Crippen molar-refractivity contribution in [2.75, 3.05) is 20.0 Å². The quantitative estimate of drug-likeness (QED) is 0.808. The predicted octanol–water partition coefficient (Wildman–Crippen LogP) is 1.07. The van der Waals surface area contributed by atoms with Crippen LogP contribution in [0, 0.1) is 0 Å². The molecule has 2 rings (SSSR count). The average Bonchev–Trinajstić information content (AvgIpc) is 2.74. The van der Waals surface area contributed by atoms with Gasteiger partial charge in [0.25, 0.3) is 0 Å². The SMILES string of the molecule is COc1cccc(-c2nc(N)n[nH]2)c1OC. The van der Waals surface area contributed by atoms with Gasteiger partial charge in [0.1, 0.15) is 0 Å². The zero-order chi connectivity index (χ0) is 11.5. The van der Waals surface area contributed by atoms with Crippen LogP contribution in [0.3, 0.4) is 0 Å². The molecule has 1 heterocycles. The Hall–Kier alpha value is -2.24. The van der Waals surface area contributed by atoms with Crippen molar-refractivity contribution in [2.45, 2.75) is 0 Å². The maximum absolute atomic E-state index is 5.45. The fraction of sp³-hybridized carbons (Fsp3) is 0.200. The predicted molar refractivity (Wildman–Crippen MR) is 59.3 cm³/mol. The van der Waals surface area contributed by atoms with Gasteiger partial charge >= 0.3 is 0 Å².